The zero-order valence-corrected chi connectivity index (χ0v) is 17.9. The molecule has 0 aliphatic carbocycles. The summed E-state index contributed by atoms with van der Waals surface area (Å²) >= 11 is 0. The van der Waals surface area contributed by atoms with Gasteiger partial charge in [0.2, 0.25) is 0 Å². The molecule has 12 heteroatoms. The number of fused-ring (bicyclic) bond motifs is 1. The summed E-state index contributed by atoms with van der Waals surface area (Å²) in [5.74, 6) is -0.571. The van der Waals surface area contributed by atoms with Gasteiger partial charge in [-0.15, -0.1) is 13.2 Å². The Balaban J connectivity index is 1.55. The molecular weight excluding hydrogens is 469 g/mol. The number of imidazole rings is 1. The van der Waals surface area contributed by atoms with Crippen molar-refractivity contribution in [2.45, 2.75) is 12.5 Å². The number of ether oxygens (including phenoxy) is 2. The van der Waals surface area contributed by atoms with Crippen molar-refractivity contribution in [2.24, 2.45) is 0 Å². The Labute approximate surface area is 196 Å². The second kappa shape index (κ2) is 9.99. The number of nitrogens with one attached hydrogen (secondary N) is 1. The van der Waals surface area contributed by atoms with Crippen LogP contribution in [0.15, 0.2) is 67.0 Å². The molecule has 0 spiro atoms. The number of carbonyl (C=O) groups is 1. The Morgan fingerprint density at radius 1 is 1.09 bits per heavy atom. The summed E-state index contributed by atoms with van der Waals surface area (Å²) < 4.78 is 48.5. The fraction of sp³-hybridized carbons (Fsp3) is 0.174. The number of nitrogens with zero attached hydrogens (tertiary/aromatic N) is 3. The van der Waals surface area contributed by atoms with E-state index in [1.54, 1.807) is 30.3 Å². The van der Waals surface area contributed by atoms with Gasteiger partial charge in [-0.25, -0.2) is 9.97 Å². The van der Waals surface area contributed by atoms with Crippen LogP contribution in [0.2, 0.25) is 0 Å². The number of anilines is 1. The van der Waals surface area contributed by atoms with Crippen molar-refractivity contribution >= 4 is 22.8 Å². The molecule has 35 heavy (non-hydrogen) atoms. The smallest absolute Gasteiger partial charge is 0.491 e. The van der Waals surface area contributed by atoms with Crippen LogP contribution in [0, 0.1) is 0 Å². The third-order valence-corrected chi connectivity index (χ3v) is 4.70. The van der Waals surface area contributed by atoms with Crippen molar-refractivity contribution in [3.8, 4) is 17.2 Å². The fourth-order valence-electron chi connectivity index (χ4n) is 3.14. The van der Waals surface area contributed by atoms with E-state index in [1.807, 2.05) is 0 Å². The van der Waals surface area contributed by atoms with Crippen LogP contribution in [0.25, 0.3) is 16.9 Å². The van der Waals surface area contributed by atoms with E-state index in [2.05, 4.69) is 20.0 Å². The first-order chi connectivity index (χ1) is 16.7. The molecule has 9 nitrogen and oxygen atoms in total. The van der Waals surface area contributed by atoms with Gasteiger partial charge < -0.3 is 25.0 Å². The molecule has 4 rings (SSSR count). The summed E-state index contributed by atoms with van der Waals surface area (Å²) in [6.07, 6.45) is -4.48. The zero-order valence-electron chi connectivity index (χ0n) is 17.9. The second-order valence-electron chi connectivity index (χ2n) is 7.33. The maximum Gasteiger partial charge on any atom is 0.573 e. The normalized spacial score (nSPS) is 12.4. The van der Waals surface area contributed by atoms with Crippen molar-refractivity contribution in [2.75, 3.05) is 18.5 Å². The predicted octanol–water partition coefficient (Wildman–Crippen LogP) is 3.30. The molecule has 1 unspecified atom stereocenters. The summed E-state index contributed by atoms with van der Waals surface area (Å²) in [6.45, 7) is -0.563. The zero-order chi connectivity index (χ0) is 25.0. The highest BCUT2D eigenvalue weighted by Crippen LogP contribution is 2.26. The number of alkyl halides is 3. The number of hydrogen-bond acceptors (Lipinski definition) is 7. The number of hydrogen-bond donors (Lipinski definition) is 3. The van der Waals surface area contributed by atoms with E-state index < -0.39 is 30.7 Å². The number of carbonyl (C=O) groups excluding carboxylic acids is 1. The standard InChI is InChI=1S/C23H19F3N4O5/c24-23(25,26)35-18-6-2-4-15(10-18)30-13-27-19-7-8-20(29-21(19)30)22(33)28-14-3-1-5-17(9-14)34-12-16(32)11-31/h1-10,13,16,31-32H,11-12H2,(H,28,33). The molecule has 2 aromatic carbocycles. The van der Waals surface area contributed by atoms with Gasteiger partial charge in [-0.3, -0.25) is 9.36 Å². The lowest BCUT2D eigenvalue weighted by atomic mass is 10.2. The number of pyridine rings is 1. The van der Waals surface area contributed by atoms with Gasteiger partial charge in [-0.1, -0.05) is 12.1 Å². The first-order valence-corrected chi connectivity index (χ1v) is 10.3. The molecule has 1 atom stereocenters. The molecule has 3 N–H and O–H groups in total. The van der Waals surface area contributed by atoms with Crippen LogP contribution in [-0.4, -0.2) is 56.3 Å². The van der Waals surface area contributed by atoms with Gasteiger partial charge >= 0.3 is 6.36 Å². The van der Waals surface area contributed by atoms with Crippen LogP contribution in [-0.2, 0) is 0 Å². The van der Waals surface area contributed by atoms with Gasteiger partial charge in [0.15, 0.2) is 5.65 Å². The maximum absolute atomic E-state index is 12.8. The highest BCUT2D eigenvalue weighted by molar-refractivity contribution is 6.03. The summed E-state index contributed by atoms with van der Waals surface area (Å²) in [4.78, 5) is 21.3. The van der Waals surface area contributed by atoms with Gasteiger partial charge in [0.25, 0.3) is 5.91 Å². The lowest BCUT2D eigenvalue weighted by Crippen LogP contribution is -2.21. The molecule has 0 saturated heterocycles. The Kier molecular flexibility index (Phi) is 6.85. The van der Waals surface area contributed by atoms with Crippen LogP contribution in [0.4, 0.5) is 18.9 Å². The maximum atomic E-state index is 12.8. The van der Waals surface area contributed by atoms with Crippen LogP contribution in [0.1, 0.15) is 10.5 Å². The summed E-state index contributed by atoms with van der Waals surface area (Å²) in [7, 11) is 0. The lowest BCUT2D eigenvalue weighted by Gasteiger charge is -2.12. The molecule has 0 radical (unpaired) electrons. The van der Waals surface area contributed by atoms with Crippen LogP contribution >= 0.6 is 0 Å². The van der Waals surface area contributed by atoms with Crippen molar-refractivity contribution in [1.82, 2.24) is 14.5 Å². The van der Waals surface area contributed by atoms with E-state index >= 15 is 0 Å². The van der Waals surface area contributed by atoms with E-state index in [-0.39, 0.29) is 17.9 Å². The first kappa shape index (κ1) is 24.0. The topological polar surface area (TPSA) is 119 Å². The molecular formula is C23H19F3N4O5. The van der Waals surface area contributed by atoms with Gasteiger partial charge in [0.1, 0.15) is 41.7 Å². The largest absolute Gasteiger partial charge is 0.573 e. The van der Waals surface area contributed by atoms with Gasteiger partial charge in [0, 0.05) is 17.8 Å². The number of aromatic nitrogens is 3. The van der Waals surface area contributed by atoms with Gasteiger partial charge in [0.05, 0.1) is 12.3 Å². The van der Waals surface area contributed by atoms with Crippen LogP contribution < -0.4 is 14.8 Å². The Morgan fingerprint density at radius 3 is 2.63 bits per heavy atom. The average molecular weight is 488 g/mol. The first-order valence-electron chi connectivity index (χ1n) is 10.3. The summed E-state index contributed by atoms with van der Waals surface area (Å²) in [5.41, 5.74) is 1.45. The number of benzene rings is 2. The quantitative estimate of drug-likeness (QED) is 0.348. The summed E-state index contributed by atoms with van der Waals surface area (Å²) in [6, 6.07) is 14.8. The third kappa shape index (κ3) is 6.05. The lowest BCUT2D eigenvalue weighted by molar-refractivity contribution is -0.274. The number of aliphatic hydroxyl groups excluding tert-OH is 2. The molecule has 0 aliphatic rings. The highest BCUT2D eigenvalue weighted by Gasteiger charge is 2.31. The van der Waals surface area contributed by atoms with E-state index in [4.69, 9.17) is 9.84 Å². The van der Waals surface area contributed by atoms with Crippen LogP contribution in [0.3, 0.4) is 0 Å². The van der Waals surface area contributed by atoms with E-state index in [9.17, 15) is 23.1 Å². The van der Waals surface area contributed by atoms with E-state index in [1.165, 1.54) is 41.2 Å². The number of amides is 1. The molecule has 182 valence electrons. The molecule has 2 aromatic heterocycles. The number of rotatable bonds is 8. The third-order valence-electron chi connectivity index (χ3n) is 4.70. The van der Waals surface area contributed by atoms with Crippen molar-refractivity contribution in [3.05, 3.63) is 72.7 Å². The average Bonchev–Trinajstić information content (AvgIpc) is 3.25. The molecule has 0 aliphatic heterocycles. The van der Waals surface area contributed by atoms with Gasteiger partial charge in [-0.05, 0) is 36.4 Å². The molecule has 1 amide bonds. The van der Waals surface area contributed by atoms with Gasteiger partial charge in [-0.2, -0.15) is 0 Å². The number of halogens is 3. The Bertz CT molecular complexity index is 1340. The minimum absolute atomic E-state index is 0.0453. The van der Waals surface area contributed by atoms with E-state index in [0.29, 0.717) is 22.6 Å². The molecule has 0 fully saturated rings. The predicted molar refractivity (Wildman–Crippen MR) is 119 cm³/mol. The molecule has 2 heterocycles. The van der Waals surface area contributed by atoms with Crippen molar-refractivity contribution in [3.63, 3.8) is 0 Å². The minimum Gasteiger partial charge on any atom is -0.491 e. The second-order valence-corrected chi connectivity index (χ2v) is 7.33. The number of aliphatic hydroxyl groups is 2. The molecule has 4 aromatic rings. The SMILES string of the molecule is O=C(Nc1cccc(OCC(O)CO)c1)c1ccc2ncn(-c3cccc(OC(F)(F)F)c3)c2n1. The highest BCUT2D eigenvalue weighted by atomic mass is 19.4. The van der Waals surface area contributed by atoms with Crippen molar-refractivity contribution in [1.29, 1.82) is 0 Å². The monoisotopic (exact) mass is 488 g/mol. The Morgan fingerprint density at radius 2 is 1.86 bits per heavy atom. The van der Waals surface area contributed by atoms with Crippen LogP contribution in [0.5, 0.6) is 11.5 Å². The summed E-state index contributed by atoms with van der Waals surface area (Å²) in [5, 5.41) is 21.0. The fourth-order valence-corrected chi connectivity index (χ4v) is 3.14. The minimum atomic E-state index is -4.83. The van der Waals surface area contributed by atoms with Crippen molar-refractivity contribution < 1.29 is 37.7 Å². The molecule has 0 bridgehead atoms. The van der Waals surface area contributed by atoms with E-state index in [0.717, 1.165) is 0 Å². The Hall–Kier alpha value is -4.16. The molecule has 0 saturated carbocycles.